The molecule has 0 aliphatic heterocycles. The number of anilines is 1. The number of nitrogens with zero attached hydrogens (tertiary/aromatic N) is 1. The van der Waals surface area contributed by atoms with E-state index >= 15 is 0 Å². The van der Waals surface area contributed by atoms with Crippen LogP contribution in [0.5, 0.6) is 0 Å². The van der Waals surface area contributed by atoms with E-state index < -0.39 is 0 Å². The SMILES string of the molecule is CCCCNC(=S)Nc1ccon1. The van der Waals surface area contributed by atoms with Crippen LogP contribution in [-0.2, 0) is 0 Å². The molecule has 0 saturated carbocycles. The molecule has 0 fully saturated rings. The lowest BCUT2D eigenvalue weighted by atomic mass is 10.3. The summed E-state index contributed by atoms with van der Waals surface area (Å²) < 4.78 is 4.64. The van der Waals surface area contributed by atoms with E-state index in [0.717, 1.165) is 19.4 Å². The maximum Gasteiger partial charge on any atom is 0.175 e. The summed E-state index contributed by atoms with van der Waals surface area (Å²) in [6.07, 6.45) is 3.76. The highest BCUT2D eigenvalue weighted by Crippen LogP contribution is 1.99. The number of unbranched alkanes of at least 4 members (excludes halogenated alkanes) is 1. The molecule has 1 rings (SSSR count). The van der Waals surface area contributed by atoms with Crippen LogP contribution in [-0.4, -0.2) is 16.8 Å². The molecule has 72 valence electrons. The van der Waals surface area contributed by atoms with E-state index in [0.29, 0.717) is 10.9 Å². The smallest absolute Gasteiger partial charge is 0.175 e. The Bertz CT molecular complexity index is 248. The average molecular weight is 199 g/mol. The predicted molar refractivity (Wildman–Crippen MR) is 55.6 cm³/mol. The first kappa shape index (κ1) is 9.98. The minimum atomic E-state index is 0.586. The first-order chi connectivity index (χ1) is 6.33. The van der Waals surface area contributed by atoms with Gasteiger partial charge >= 0.3 is 0 Å². The highest BCUT2D eigenvalue weighted by atomic mass is 32.1. The average Bonchev–Trinajstić information content (AvgIpc) is 2.57. The molecule has 13 heavy (non-hydrogen) atoms. The highest BCUT2D eigenvalue weighted by molar-refractivity contribution is 7.80. The molecule has 4 nitrogen and oxygen atoms in total. The minimum absolute atomic E-state index is 0.586. The minimum Gasteiger partial charge on any atom is -0.363 e. The topological polar surface area (TPSA) is 50.1 Å². The van der Waals surface area contributed by atoms with E-state index in [2.05, 4.69) is 27.2 Å². The standard InChI is InChI=1S/C8H13N3OS/c1-2-3-5-9-8(13)10-7-4-6-12-11-7/h4,6H,2-3,5H2,1H3,(H2,9,10,11,13). The van der Waals surface area contributed by atoms with Crippen molar-refractivity contribution < 1.29 is 4.52 Å². The molecular formula is C8H13N3OS. The van der Waals surface area contributed by atoms with Gasteiger partial charge in [0.15, 0.2) is 10.9 Å². The Morgan fingerprint density at radius 3 is 3.15 bits per heavy atom. The molecule has 0 spiro atoms. The van der Waals surface area contributed by atoms with Crippen LogP contribution in [0.15, 0.2) is 16.9 Å². The van der Waals surface area contributed by atoms with Crippen LogP contribution < -0.4 is 10.6 Å². The lowest BCUT2D eigenvalue weighted by Crippen LogP contribution is -2.29. The summed E-state index contributed by atoms with van der Waals surface area (Å²) in [4.78, 5) is 0. The summed E-state index contributed by atoms with van der Waals surface area (Å²) in [7, 11) is 0. The summed E-state index contributed by atoms with van der Waals surface area (Å²) in [5.41, 5.74) is 0. The van der Waals surface area contributed by atoms with E-state index in [1.807, 2.05) is 0 Å². The molecule has 5 heteroatoms. The Morgan fingerprint density at radius 2 is 2.54 bits per heavy atom. The first-order valence-corrected chi connectivity index (χ1v) is 4.69. The number of nitrogens with one attached hydrogen (secondary N) is 2. The van der Waals surface area contributed by atoms with E-state index in [9.17, 15) is 0 Å². The maximum absolute atomic E-state index is 5.01. The van der Waals surface area contributed by atoms with Crippen molar-refractivity contribution in [2.45, 2.75) is 19.8 Å². The molecule has 1 heterocycles. The molecule has 0 radical (unpaired) electrons. The molecular weight excluding hydrogens is 186 g/mol. The number of aromatic nitrogens is 1. The lowest BCUT2D eigenvalue weighted by molar-refractivity contribution is 0.423. The van der Waals surface area contributed by atoms with Crippen LogP contribution in [0.25, 0.3) is 0 Å². The fourth-order valence-corrected chi connectivity index (χ4v) is 1.02. The van der Waals surface area contributed by atoms with Gasteiger partial charge < -0.3 is 15.2 Å². The van der Waals surface area contributed by atoms with Crippen LogP contribution in [0.3, 0.4) is 0 Å². The fraction of sp³-hybridized carbons (Fsp3) is 0.500. The molecule has 0 saturated heterocycles. The molecule has 0 aromatic carbocycles. The zero-order valence-electron chi connectivity index (χ0n) is 7.54. The number of hydrogen-bond acceptors (Lipinski definition) is 3. The van der Waals surface area contributed by atoms with Gasteiger partial charge in [-0.25, -0.2) is 0 Å². The van der Waals surface area contributed by atoms with Crippen LogP contribution in [0.1, 0.15) is 19.8 Å². The number of hydrogen-bond donors (Lipinski definition) is 2. The van der Waals surface area contributed by atoms with Crippen LogP contribution in [0.2, 0.25) is 0 Å². The molecule has 0 aliphatic rings. The Balaban J connectivity index is 2.18. The van der Waals surface area contributed by atoms with Crippen molar-refractivity contribution in [1.82, 2.24) is 10.5 Å². The fourth-order valence-electron chi connectivity index (χ4n) is 0.816. The van der Waals surface area contributed by atoms with Crippen molar-refractivity contribution in [1.29, 1.82) is 0 Å². The van der Waals surface area contributed by atoms with Crippen molar-refractivity contribution in [3.63, 3.8) is 0 Å². The lowest BCUT2D eigenvalue weighted by Gasteiger charge is -2.06. The summed E-state index contributed by atoms with van der Waals surface area (Å²) in [6.45, 7) is 3.02. The second-order valence-corrected chi connectivity index (χ2v) is 3.03. The maximum atomic E-state index is 5.01. The van der Waals surface area contributed by atoms with Crippen molar-refractivity contribution in [3.05, 3.63) is 12.3 Å². The molecule has 0 bridgehead atoms. The van der Waals surface area contributed by atoms with Crippen molar-refractivity contribution >= 4 is 23.1 Å². The Hall–Kier alpha value is -1.10. The van der Waals surface area contributed by atoms with E-state index in [1.165, 1.54) is 6.26 Å². The zero-order chi connectivity index (χ0) is 9.52. The highest BCUT2D eigenvalue weighted by Gasteiger charge is 1.97. The van der Waals surface area contributed by atoms with Crippen LogP contribution >= 0.6 is 12.2 Å². The van der Waals surface area contributed by atoms with Gasteiger partial charge in [0.1, 0.15) is 6.26 Å². The largest absolute Gasteiger partial charge is 0.363 e. The molecule has 1 aromatic heterocycles. The van der Waals surface area contributed by atoms with Gasteiger partial charge in [-0.3, -0.25) is 0 Å². The summed E-state index contributed by atoms with van der Waals surface area (Å²) in [6, 6.07) is 1.72. The van der Waals surface area contributed by atoms with Gasteiger partial charge in [0, 0.05) is 12.6 Å². The first-order valence-electron chi connectivity index (χ1n) is 4.28. The van der Waals surface area contributed by atoms with Crippen LogP contribution in [0.4, 0.5) is 5.82 Å². The van der Waals surface area contributed by atoms with Gasteiger partial charge in [-0.05, 0) is 18.6 Å². The third-order valence-corrected chi connectivity index (χ3v) is 1.74. The number of rotatable bonds is 4. The Kier molecular flexibility index (Phi) is 4.25. The summed E-state index contributed by atoms with van der Waals surface area (Å²) in [5, 5.41) is 10.2. The van der Waals surface area contributed by atoms with Gasteiger partial charge in [-0.1, -0.05) is 18.5 Å². The molecule has 1 aromatic rings. The summed E-state index contributed by atoms with van der Waals surface area (Å²) in [5.74, 6) is 0.633. The van der Waals surface area contributed by atoms with Gasteiger partial charge in [0.2, 0.25) is 0 Å². The summed E-state index contributed by atoms with van der Waals surface area (Å²) >= 11 is 5.01. The molecule has 0 atom stereocenters. The molecule has 0 amide bonds. The van der Waals surface area contributed by atoms with E-state index in [1.54, 1.807) is 6.07 Å². The van der Waals surface area contributed by atoms with Gasteiger partial charge in [-0.2, -0.15) is 0 Å². The monoisotopic (exact) mass is 199 g/mol. The van der Waals surface area contributed by atoms with Crippen molar-refractivity contribution in [2.75, 3.05) is 11.9 Å². The molecule has 2 N–H and O–H groups in total. The van der Waals surface area contributed by atoms with Crippen molar-refractivity contribution in [3.8, 4) is 0 Å². The van der Waals surface area contributed by atoms with E-state index in [4.69, 9.17) is 12.2 Å². The molecule has 0 aliphatic carbocycles. The second-order valence-electron chi connectivity index (χ2n) is 2.62. The van der Waals surface area contributed by atoms with Gasteiger partial charge in [0.05, 0.1) is 0 Å². The van der Waals surface area contributed by atoms with Crippen LogP contribution in [0, 0.1) is 0 Å². The third kappa shape index (κ3) is 3.89. The predicted octanol–water partition coefficient (Wildman–Crippen LogP) is 1.76. The Morgan fingerprint density at radius 1 is 1.69 bits per heavy atom. The Labute approximate surface area is 82.7 Å². The normalized spacial score (nSPS) is 9.62. The van der Waals surface area contributed by atoms with Crippen molar-refractivity contribution in [2.24, 2.45) is 0 Å². The van der Waals surface area contributed by atoms with Gasteiger partial charge in [0.25, 0.3) is 0 Å². The van der Waals surface area contributed by atoms with E-state index in [-0.39, 0.29) is 0 Å². The second kappa shape index (κ2) is 5.53. The third-order valence-electron chi connectivity index (χ3n) is 1.50. The quantitative estimate of drug-likeness (QED) is 0.571. The molecule has 0 unspecified atom stereocenters. The van der Waals surface area contributed by atoms with Gasteiger partial charge in [-0.15, -0.1) is 0 Å². The zero-order valence-corrected chi connectivity index (χ0v) is 8.36. The number of thiocarbonyl (C=S) groups is 1.